The first kappa shape index (κ1) is 27.8. The Morgan fingerprint density at radius 2 is 1.59 bits per heavy atom. The third kappa shape index (κ3) is 7.35. The van der Waals surface area contributed by atoms with Crippen LogP contribution in [0.15, 0.2) is 58.0 Å². The molecule has 2 aliphatic rings. The predicted octanol–water partition coefficient (Wildman–Crippen LogP) is 5.78. The Bertz CT molecular complexity index is 1250. The number of halogens is 6. The maximum Gasteiger partial charge on any atom is 0.416 e. The molecular formula is C26H21F6NO4. The summed E-state index contributed by atoms with van der Waals surface area (Å²) in [4.78, 5) is 35.7. The Morgan fingerprint density at radius 1 is 0.946 bits per heavy atom. The fourth-order valence-corrected chi connectivity index (χ4v) is 3.83. The molecule has 37 heavy (non-hydrogen) atoms. The van der Waals surface area contributed by atoms with Crippen LogP contribution >= 0.6 is 0 Å². The first-order valence-electron chi connectivity index (χ1n) is 11.3. The standard InChI is InChI=1S/C26H21F6NO4/c27-25(28,29)19-11-15(12-20(14-19)26(30,31)32)10-17-6-5-16-13-18(7-8-21(16)23(17)36)24(37)33-9-3-1-2-4-22(34)35/h10-14H,1-6,9H2,(H,33,37)(H,34,35)/b17-10+. The van der Waals surface area contributed by atoms with Crippen LogP contribution in [0.2, 0.25) is 0 Å². The van der Waals surface area contributed by atoms with Gasteiger partial charge in [0.15, 0.2) is 5.78 Å². The summed E-state index contributed by atoms with van der Waals surface area (Å²) in [6.45, 7) is 0.312. The Kier molecular flexibility index (Phi) is 8.31. The van der Waals surface area contributed by atoms with Crippen molar-refractivity contribution in [3.05, 3.63) is 74.7 Å². The van der Waals surface area contributed by atoms with Crippen molar-refractivity contribution in [1.82, 2.24) is 5.32 Å². The number of rotatable bonds is 8. The quantitative estimate of drug-likeness (QED) is 0.195. The largest absolute Gasteiger partial charge is 0.481 e. The molecule has 1 aromatic carbocycles. The van der Waals surface area contributed by atoms with E-state index >= 15 is 0 Å². The van der Waals surface area contributed by atoms with Gasteiger partial charge in [0.05, 0.1) is 22.3 Å². The van der Waals surface area contributed by atoms with E-state index in [1.165, 1.54) is 6.08 Å². The Morgan fingerprint density at radius 3 is 2.19 bits per heavy atom. The number of unbranched alkanes of at least 4 members (excludes halogenated alkanes) is 2. The lowest BCUT2D eigenvalue weighted by Gasteiger charge is -2.20. The molecule has 2 aliphatic carbocycles. The number of allylic oxidation sites excluding steroid dienone is 3. The summed E-state index contributed by atoms with van der Waals surface area (Å²) in [5.74, 6) is -1.97. The number of carbonyl (C=O) groups excluding carboxylic acids is 2. The minimum Gasteiger partial charge on any atom is -0.481 e. The average Bonchev–Trinajstić information content (AvgIpc) is 2.81. The lowest BCUT2D eigenvalue weighted by Crippen LogP contribution is -2.26. The van der Waals surface area contributed by atoms with E-state index in [4.69, 9.17) is 5.11 Å². The van der Waals surface area contributed by atoms with E-state index in [-0.39, 0.29) is 42.0 Å². The first-order chi connectivity index (χ1) is 17.3. The van der Waals surface area contributed by atoms with Crippen LogP contribution in [0.5, 0.6) is 0 Å². The molecule has 0 spiro atoms. The van der Waals surface area contributed by atoms with Crippen molar-refractivity contribution in [3.63, 3.8) is 0 Å². The van der Waals surface area contributed by atoms with Gasteiger partial charge in [-0.3, -0.25) is 14.4 Å². The second-order valence-electron chi connectivity index (χ2n) is 8.51. The first-order valence-corrected chi connectivity index (χ1v) is 11.3. The third-order valence-electron chi connectivity index (χ3n) is 5.69. The second kappa shape index (κ2) is 11.1. The average molecular weight is 525 g/mol. The normalized spacial score (nSPS) is 16.6. The monoisotopic (exact) mass is 525 g/mol. The number of ketones is 1. The zero-order chi connectivity index (χ0) is 27.4. The molecule has 196 valence electrons. The maximum atomic E-state index is 13.1. The van der Waals surface area contributed by atoms with Crippen molar-refractivity contribution < 1.29 is 45.8 Å². The lowest BCUT2D eigenvalue weighted by molar-refractivity contribution is -0.143. The minimum atomic E-state index is -5.00. The molecule has 1 amide bonds. The highest BCUT2D eigenvalue weighted by Gasteiger charge is 2.37. The third-order valence-corrected chi connectivity index (χ3v) is 5.69. The molecule has 0 heterocycles. The van der Waals surface area contributed by atoms with E-state index in [0.29, 0.717) is 43.5 Å². The van der Waals surface area contributed by atoms with Gasteiger partial charge in [-0.05, 0) is 67.2 Å². The van der Waals surface area contributed by atoms with Crippen LogP contribution in [0, 0.1) is 0 Å². The van der Waals surface area contributed by atoms with Gasteiger partial charge in [-0.15, -0.1) is 0 Å². The van der Waals surface area contributed by atoms with Gasteiger partial charge in [-0.1, -0.05) is 17.9 Å². The molecule has 0 saturated heterocycles. The van der Waals surface area contributed by atoms with Crippen molar-refractivity contribution in [1.29, 1.82) is 0 Å². The summed E-state index contributed by atoms with van der Waals surface area (Å²) < 4.78 is 78.8. The van der Waals surface area contributed by atoms with Gasteiger partial charge < -0.3 is 10.4 Å². The van der Waals surface area contributed by atoms with Crippen LogP contribution in [-0.2, 0) is 26.7 Å². The molecule has 0 radical (unpaired) electrons. The van der Waals surface area contributed by atoms with Gasteiger partial charge in [0.2, 0.25) is 0 Å². The van der Waals surface area contributed by atoms with E-state index in [1.54, 1.807) is 0 Å². The Hall–Kier alpha value is -3.81. The topological polar surface area (TPSA) is 83.5 Å². The van der Waals surface area contributed by atoms with Crippen molar-refractivity contribution in [2.24, 2.45) is 0 Å². The lowest BCUT2D eigenvalue weighted by atomic mass is 9.82. The van der Waals surface area contributed by atoms with Gasteiger partial charge >= 0.3 is 18.3 Å². The van der Waals surface area contributed by atoms with Crippen molar-refractivity contribution >= 4 is 23.7 Å². The fourth-order valence-electron chi connectivity index (χ4n) is 3.83. The number of aliphatic carboxylic acids is 1. The number of carboxylic acids is 1. The number of hydrogen-bond acceptors (Lipinski definition) is 3. The highest BCUT2D eigenvalue weighted by molar-refractivity contribution is 6.15. The molecule has 1 saturated carbocycles. The number of benzene rings is 1. The Balaban J connectivity index is 1.79. The Labute approximate surface area is 207 Å². The summed E-state index contributed by atoms with van der Waals surface area (Å²) in [5, 5.41) is 11.3. The van der Waals surface area contributed by atoms with E-state index in [0.717, 1.165) is 6.08 Å². The number of carbonyl (C=O) groups is 3. The second-order valence-corrected chi connectivity index (χ2v) is 8.51. The zero-order valence-corrected chi connectivity index (χ0v) is 19.3. The molecule has 0 aliphatic heterocycles. The summed E-state index contributed by atoms with van der Waals surface area (Å²) >= 11 is 0. The molecule has 5 nitrogen and oxygen atoms in total. The molecule has 11 heteroatoms. The number of hydrogen-bond donors (Lipinski definition) is 2. The smallest absolute Gasteiger partial charge is 0.416 e. The van der Waals surface area contributed by atoms with Gasteiger partial charge in [0, 0.05) is 18.5 Å². The van der Waals surface area contributed by atoms with Crippen LogP contribution < -0.4 is 5.32 Å². The molecule has 0 bridgehead atoms. The molecule has 1 aromatic rings. The molecule has 0 atom stereocenters. The highest BCUT2D eigenvalue weighted by Crippen LogP contribution is 2.38. The van der Waals surface area contributed by atoms with Gasteiger partial charge in [0.1, 0.15) is 0 Å². The molecule has 1 fully saturated rings. The van der Waals surface area contributed by atoms with E-state index in [1.807, 2.05) is 0 Å². The summed E-state index contributed by atoms with van der Waals surface area (Å²) in [5.41, 5.74) is 2.47. The number of alkyl halides is 6. The van der Waals surface area contributed by atoms with Gasteiger partial charge in [-0.2, -0.15) is 26.3 Å². The van der Waals surface area contributed by atoms with Crippen molar-refractivity contribution in [2.75, 3.05) is 6.54 Å². The van der Waals surface area contributed by atoms with Crippen LogP contribution in [0.25, 0.3) is 6.08 Å². The number of nitrogens with one attached hydrogen (secondary N) is 1. The summed E-state index contributed by atoms with van der Waals surface area (Å²) in [6, 6.07) is 1.12. The zero-order valence-electron chi connectivity index (χ0n) is 19.3. The minimum absolute atomic E-state index is 0.0168. The van der Waals surface area contributed by atoms with Crippen LogP contribution in [-0.4, -0.2) is 29.3 Å². The van der Waals surface area contributed by atoms with Crippen molar-refractivity contribution in [3.8, 4) is 0 Å². The molecular weight excluding hydrogens is 504 g/mol. The van der Waals surface area contributed by atoms with Crippen LogP contribution in [0.3, 0.4) is 0 Å². The number of Topliss-reactive ketones (excluding diaryl/α,β-unsaturated/α-hetero) is 1. The molecule has 0 unspecified atom stereocenters. The van der Waals surface area contributed by atoms with E-state index < -0.39 is 46.7 Å². The SMILES string of the molecule is O=C(O)CCCCCNC(=O)C1=C=C=C2C(=O)/C(=C/c3cc(C(F)(F)F)cc(C(F)(F)F)c3)CCC2=C1. The fraction of sp³-hybridized carbons (Fsp3) is 0.346. The van der Waals surface area contributed by atoms with E-state index in [2.05, 4.69) is 16.8 Å². The maximum absolute atomic E-state index is 13.1. The van der Waals surface area contributed by atoms with E-state index in [9.17, 15) is 40.7 Å². The number of carboxylic acid groups (broad SMARTS) is 1. The predicted molar refractivity (Wildman–Crippen MR) is 120 cm³/mol. The molecule has 2 N–H and O–H groups in total. The molecule has 3 rings (SSSR count). The van der Waals surface area contributed by atoms with Gasteiger partial charge in [-0.25, -0.2) is 0 Å². The summed E-state index contributed by atoms with van der Waals surface area (Å²) in [7, 11) is 0. The number of amides is 1. The number of fused-ring (bicyclic) bond motifs is 1. The summed E-state index contributed by atoms with van der Waals surface area (Å²) in [6.07, 6.45) is -5.56. The van der Waals surface area contributed by atoms with Crippen molar-refractivity contribution in [2.45, 2.75) is 50.9 Å². The van der Waals surface area contributed by atoms with Crippen LogP contribution in [0.4, 0.5) is 26.3 Å². The van der Waals surface area contributed by atoms with Crippen LogP contribution in [0.1, 0.15) is 55.2 Å². The highest BCUT2D eigenvalue weighted by atomic mass is 19.4. The molecule has 0 aromatic heterocycles. The van der Waals surface area contributed by atoms with Gasteiger partial charge in [0.25, 0.3) is 5.91 Å².